The van der Waals surface area contributed by atoms with Crippen molar-refractivity contribution in [3.05, 3.63) is 47.7 Å². The summed E-state index contributed by atoms with van der Waals surface area (Å²) < 4.78 is 39.1. The van der Waals surface area contributed by atoms with Gasteiger partial charge in [-0.2, -0.15) is 5.26 Å². The molecule has 3 rings (SSSR count). The number of nitrogens with zero attached hydrogens (tertiary/aromatic N) is 1. The van der Waals surface area contributed by atoms with Gasteiger partial charge in [-0.3, -0.25) is 0 Å². The fourth-order valence-electron chi connectivity index (χ4n) is 5.50. The Labute approximate surface area is 198 Å². The van der Waals surface area contributed by atoms with Crippen LogP contribution < -0.4 is 0 Å². The van der Waals surface area contributed by atoms with Gasteiger partial charge in [-0.15, -0.1) is 0 Å². The molecule has 0 aromatic heterocycles. The minimum Gasteiger partial charge on any atom is -0.502 e. The van der Waals surface area contributed by atoms with E-state index in [1.54, 1.807) is 6.07 Å². The monoisotopic (exact) mass is 459 g/mol. The predicted octanol–water partition coefficient (Wildman–Crippen LogP) is 7.48. The quantitative estimate of drug-likeness (QED) is 0.240. The van der Waals surface area contributed by atoms with Crippen LogP contribution in [0, 0.1) is 40.7 Å². The number of benzene rings is 1. The summed E-state index contributed by atoms with van der Waals surface area (Å²) in [7, 11) is 0. The molecule has 2 aliphatic carbocycles. The summed E-state index contributed by atoms with van der Waals surface area (Å²) in [4.78, 5) is 0. The van der Waals surface area contributed by atoms with Gasteiger partial charge in [0.15, 0.2) is 0 Å². The highest BCUT2D eigenvalue weighted by Gasteiger charge is 2.25. The van der Waals surface area contributed by atoms with Gasteiger partial charge in [0.25, 0.3) is 0 Å². The third kappa shape index (κ3) is 8.41. The van der Waals surface area contributed by atoms with E-state index in [1.165, 1.54) is 56.9 Å². The molecule has 2 fully saturated rings. The molecule has 0 saturated heterocycles. The maximum atomic E-state index is 13.8. The molecule has 33 heavy (non-hydrogen) atoms. The van der Waals surface area contributed by atoms with E-state index in [0.29, 0.717) is 29.9 Å². The van der Waals surface area contributed by atoms with E-state index in [2.05, 4.69) is 6.58 Å². The highest BCUT2D eigenvalue weighted by molar-refractivity contribution is 5.35. The summed E-state index contributed by atoms with van der Waals surface area (Å²) in [5.41, 5.74) is 0.155. The summed E-state index contributed by atoms with van der Waals surface area (Å²) >= 11 is 0. The Balaban J connectivity index is 1.26. The van der Waals surface area contributed by atoms with Gasteiger partial charge in [0.05, 0.1) is 19.0 Å². The molecule has 0 amide bonds. The number of unbranched alkanes of at least 4 members (excludes halogenated alkanes) is 1. The molecule has 5 heteroatoms. The van der Waals surface area contributed by atoms with Crippen LogP contribution in [0.15, 0.2) is 25.0 Å². The Bertz CT molecular complexity index is 752. The van der Waals surface area contributed by atoms with Crippen LogP contribution in [0.5, 0.6) is 0 Å². The maximum absolute atomic E-state index is 13.8. The molecule has 1 aromatic rings. The molecule has 1 aromatic carbocycles. The van der Waals surface area contributed by atoms with Crippen molar-refractivity contribution in [3.8, 4) is 6.07 Å². The van der Waals surface area contributed by atoms with Crippen LogP contribution in [-0.2, 0) is 15.9 Å². The maximum Gasteiger partial charge on any atom is 0.144 e. The molecule has 0 aliphatic heterocycles. The molecule has 2 aliphatic rings. The molecule has 0 unspecified atom stereocenters. The number of aryl methyl sites for hydroxylation is 1. The van der Waals surface area contributed by atoms with Crippen LogP contribution in [0.3, 0.4) is 0 Å². The summed E-state index contributed by atoms with van der Waals surface area (Å²) in [6, 6.07) is 4.20. The molecule has 0 bridgehead atoms. The van der Waals surface area contributed by atoms with Crippen molar-refractivity contribution in [1.82, 2.24) is 0 Å². The standard InChI is InChI=1S/C28H39F2NO2/c1-2-32-16-4-3-5-21-6-9-23(10-7-21)20-33-25-14-12-22(13-15-25)8-11-24-17-27(29)26(19-31)28(30)18-24/h2,17-18,21-23,25H,1,3-16,20H2. The summed E-state index contributed by atoms with van der Waals surface area (Å²) in [6.07, 6.45) is 16.8. The first kappa shape index (κ1) is 25.7. The summed E-state index contributed by atoms with van der Waals surface area (Å²) in [5.74, 6) is 0.662. The lowest BCUT2D eigenvalue weighted by Gasteiger charge is -2.32. The van der Waals surface area contributed by atoms with Crippen LogP contribution >= 0.6 is 0 Å². The number of hydrogen-bond acceptors (Lipinski definition) is 3. The first-order valence-electron chi connectivity index (χ1n) is 12.8. The zero-order valence-corrected chi connectivity index (χ0v) is 19.9. The molecule has 0 radical (unpaired) electrons. The molecule has 182 valence electrons. The highest BCUT2D eigenvalue weighted by atomic mass is 19.1. The van der Waals surface area contributed by atoms with E-state index in [9.17, 15) is 8.78 Å². The van der Waals surface area contributed by atoms with Crippen LogP contribution in [0.4, 0.5) is 8.78 Å². The lowest BCUT2D eigenvalue weighted by atomic mass is 9.80. The summed E-state index contributed by atoms with van der Waals surface area (Å²) in [6.45, 7) is 5.27. The van der Waals surface area contributed by atoms with Crippen LogP contribution in [0.2, 0.25) is 0 Å². The van der Waals surface area contributed by atoms with Gasteiger partial charge in [0.1, 0.15) is 23.3 Å². The number of hydrogen-bond donors (Lipinski definition) is 0. The Morgan fingerprint density at radius 2 is 1.52 bits per heavy atom. The van der Waals surface area contributed by atoms with Crippen molar-refractivity contribution in [2.24, 2.45) is 17.8 Å². The van der Waals surface area contributed by atoms with Gasteiger partial charge in [-0.1, -0.05) is 25.8 Å². The van der Waals surface area contributed by atoms with Crippen molar-refractivity contribution in [3.63, 3.8) is 0 Å². The van der Waals surface area contributed by atoms with Gasteiger partial charge < -0.3 is 9.47 Å². The Kier molecular flexibility index (Phi) is 10.7. The van der Waals surface area contributed by atoms with E-state index in [4.69, 9.17) is 14.7 Å². The lowest BCUT2D eigenvalue weighted by Crippen LogP contribution is -2.26. The van der Waals surface area contributed by atoms with Crippen molar-refractivity contribution in [1.29, 1.82) is 5.26 Å². The molecule has 0 N–H and O–H groups in total. The first-order valence-corrected chi connectivity index (χ1v) is 12.8. The summed E-state index contributed by atoms with van der Waals surface area (Å²) in [5, 5.41) is 8.79. The van der Waals surface area contributed by atoms with Crippen molar-refractivity contribution < 1.29 is 18.3 Å². The van der Waals surface area contributed by atoms with Crippen molar-refractivity contribution in [2.75, 3.05) is 13.2 Å². The van der Waals surface area contributed by atoms with E-state index >= 15 is 0 Å². The molecular formula is C28H39F2NO2. The molecular weight excluding hydrogens is 420 g/mol. The molecule has 3 nitrogen and oxygen atoms in total. The Morgan fingerprint density at radius 1 is 0.909 bits per heavy atom. The second-order valence-electron chi connectivity index (χ2n) is 9.98. The predicted molar refractivity (Wildman–Crippen MR) is 127 cm³/mol. The normalized spacial score (nSPS) is 25.4. The molecule has 2 saturated carbocycles. The van der Waals surface area contributed by atoms with E-state index in [-0.39, 0.29) is 0 Å². The van der Waals surface area contributed by atoms with E-state index in [0.717, 1.165) is 57.7 Å². The minimum absolute atomic E-state index is 0.369. The van der Waals surface area contributed by atoms with Crippen LogP contribution in [-0.4, -0.2) is 19.3 Å². The fourth-order valence-corrected chi connectivity index (χ4v) is 5.50. The number of ether oxygens (including phenoxy) is 2. The van der Waals surface area contributed by atoms with Crippen molar-refractivity contribution in [2.45, 2.75) is 89.6 Å². The molecule has 0 atom stereocenters. The Morgan fingerprint density at radius 3 is 2.15 bits per heavy atom. The topological polar surface area (TPSA) is 42.2 Å². The second kappa shape index (κ2) is 13.7. The van der Waals surface area contributed by atoms with Crippen molar-refractivity contribution >= 4 is 0 Å². The molecule has 0 spiro atoms. The van der Waals surface area contributed by atoms with E-state index in [1.807, 2.05) is 0 Å². The van der Waals surface area contributed by atoms with Gasteiger partial charge in [-0.25, -0.2) is 8.78 Å². The number of rotatable bonds is 12. The van der Waals surface area contributed by atoms with Crippen LogP contribution in [0.1, 0.15) is 88.2 Å². The van der Waals surface area contributed by atoms with Gasteiger partial charge in [-0.05, 0) is 99.7 Å². The third-order valence-corrected chi connectivity index (χ3v) is 7.63. The number of nitriles is 1. The smallest absolute Gasteiger partial charge is 0.144 e. The first-order chi connectivity index (χ1) is 16.1. The lowest BCUT2D eigenvalue weighted by molar-refractivity contribution is -0.0103. The molecule has 0 heterocycles. The average molecular weight is 460 g/mol. The minimum atomic E-state index is -0.753. The number of halogens is 2. The van der Waals surface area contributed by atoms with Gasteiger partial charge in [0, 0.05) is 6.61 Å². The second-order valence-corrected chi connectivity index (χ2v) is 9.98. The van der Waals surface area contributed by atoms with Gasteiger partial charge >= 0.3 is 0 Å². The average Bonchev–Trinajstić information content (AvgIpc) is 2.82. The fraction of sp³-hybridized carbons (Fsp3) is 0.679. The van der Waals surface area contributed by atoms with Crippen LogP contribution in [0.25, 0.3) is 0 Å². The third-order valence-electron chi connectivity index (χ3n) is 7.63. The Hall–Kier alpha value is -1.93. The van der Waals surface area contributed by atoms with E-state index < -0.39 is 17.2 Å². The largest absolute Gasteiger partial charge is 0.502 e. The zero-order chi connectivity index (χ0) is 23.5. The zero-order valence-electron chi connectivity index (χ0n) is 19.9. The van der Waals surface area contributed by atoms with Gasteiger partial charge in [0.2, 0.25) is 0 Å². The SMILES string of the molecule is C=COCCCCC1CCC(COC2CCC(CCc3cc(F)c(C#N)c(F)c3)CC2)CC1. The highest BCUT2D eigenvalue weighted by Crippen LogP contribution is 2.34.